The molecule has 5 rings (SSSR count). The fourth-order valence-corrected chi connectivity index (χ4v) is 4.36. The monoisotopic (exact) mass is 481 g/mol. The molecule has 0 saturated carbocycles. The Bertz CT molecular complexity index is 1340. The van der Waals surface area contributed by atoms with Gasteiger partial charge in [-0.1, -0.05) is 0 Å². The van der Waals surface area contributed by atoms with Crippen molar-refractivity contribution in [1.29, 1.82) is 0 Å². The van der Waals surface area contributed by atoms with Gasteiger partial charge in [0.25, 0.3) is 0 Å². The van der Waals surface area contributed by atoms with Gasteiger partial charge in [-0.3, -0.25) is 14.6 Å². The van der Waals surface area contributed by atoms with Gasteiger partial charge >= 0.3 is 6.18 Å². The molecule has 5 nitrogen and oxygen atoms in total. The van der Waals surface area contributed by atoms with Gasteiger partial charge in [-0.05, 0) is 74.9 Å². The lowest BCUT2D eigenvalue weighted by Crippen LogP contribution is -2.31. The minimum Gasteiger partial charge on any atom is -0.306 e. The summed E-state index contributed by atoms with van der Waals surface area (Å²) < 4.78 is 55.8. The second kappa shape index (κ2) is 9.22. The first-order chi connectivity index (χ1) is 16.8. The van der Waals surface area contributed by atoms with Gasteiger partial charge in [-0.15, -0.1) is 0 Å². The number of alkyl halides is 3. The molecule has 0 amide bonds. The van der Waals surface area contributed by atoms with Gasteiger partial charge in [0.1, 0.15) is 5.82 Å². The first kappa shape index (κ1) is 23.2. The van der Waals surface area contributed by atoms with E-state index in [-0.39, 0.29) is 11.3 Å². The Labute approximate surface area is 200 Å². The molecule has 9 heteroatoms. The molecule has 4 aromatic rings. The number of hydrogen-bond donors (Lipinski definition) is 0. The van der Waals surface area contributed by atoms with Crippen molar-refractivity contribution in [2.45, 2.75) is 25.1 Å². The summed E-state index contributed by atoms with van der Waals surface area (Å²) in [5.41, 5.74) is 2.19. The average Bonchev–Trinajstić information content (AvgIpc) is 3.35. The Morgan fingerprint density at radius 3 is 2.37 bits per heavy atom. The van der Waals surface area contributed by atoms with Gasteiger partial charge in [-0.2, -0.15) is 18.3 Å². The number of nitrogens with zero attached hydrogens (tertiary/aromatic N) is 5. The standard InChI is InChI=1S/C26H23F4N5/c1-34-8-5-22(6-9-34)35-16-20(15-33-35)19-10-18(13-31-14-19)17-4-7-32-25(11-17)23-12-21(26(28,29)30)2-3-24(23)27/h2-4,7,10-16,22H,5-6,8-9H2,1H3. The fraction of sp³-hybridized carbons (Fsp3) is 0.269. The summed E-state index contributed by atoms with van der Waals surface area (Å²) in [6.45, 7) is 2.07. The predicted molar refractivity (Wildman–Crippen MR) is 125 cm³/mol. The van der Waals surface area contributed by atoms with E-state index >= 15 is 0 Å². The molecule has 0 bridgehead atoms. The summed E-state index contributed by atoms with van der Waals surface area (Å²) >= 11 is 0. The van der Waals surface area contributed by atoms with Crippen molar-refractivity contribution in [2.24, 2.45) is 0 Å². The lowest BCUT2D eigenvalue weighted by molar-refractivity contribution is -0.137. The molecule has 0 unspecified atom stereocenters. The van der Waals surface area contributed by atoms with E-state index in [9.17, 15) is 17.6 Å². The predicted octanol–water partition coefficient (Wildman–Crippen LogP) is 6.10. The van der Waals surface area contributed by atoms with E-state index in [0.717, 1.165) is 60.8 Å². The second-order valence-electron chi connectivity index (χ2n) is 8.83. The molecule has 1 aromatic carbocycles. The van der Waals surface area contributed by atoms with Crippen molar-refractivity contribution in [3.05, 3.63) is 78.8 Å². The molecule has 1 fully saturated rings. The van der Waals surface area contributed by atoms with Gasteiger partial charge in [-0.25, -0.2) is 4.39 Å². The van der Waals surface area contributed by atoms with Gasteiger partial charge in [0.2, 0.25) is 0 Å². The van der Waals surface area contributed by atoms with Crippen LogP contribution in [0.1, 0.15) is 24.4 Å². The minimum atomic E-state index is -4.57. The molecule has 35 heavy (non-hydrogen) atoms. The van der Waals surface area contributed by atoms with Crippen LogP contribution in [0.2, 0.25) is 0 Å². The van der Waals surface area contributed by atoms with Crippen LogP contribution in [-0.4, -0.2) is 44.8 Å². The van der Waals surface area contributed by atoms with Crippen LogP contribution in [0.4, 0.5) is 17.6 Å². The third-order valence-electron chi connectivity index (χ3n) is 6.40. The zero-order valence-electron chi connectivity index (χ0n) is 19.0. The minimum absolute atomic E-state index is 0.117. The van der Waals surface area contributed by atoms with Crippen molar-refractivity contribution in [1.82, 2.24) is 24.6 Å². The van der Waals surface area contributed by atoms with Gasteiger partial charge < -0.3 is 4.90 Å². The van der Waals surface area contributed by atoms with Crippen LogP contribution in [0.3, 0.4) is 0 Å². The number of halogens is 4. The third-order valence-corrected chi connectivity index (χ3v) is 6.40. The first-order valence-electron chi connectivity index (χ1n) is 11.3. The molecule has 0 radical (unpaired) electrons. The summed E-state index contributed by atoms with van der Waals surface area (Å²) in [6.07, 6.45) is 6.21. The number of rotatable bonds is 4. The number of pyridine rings is 2. The van der Waals surface area contributed by atoms with Crippen molar-refractivity contribution in [2.75, 3.05) is 20.1 Å². The van der Waals surface area contributed by atoms with Crippen molar-refractivity contribution in [3.8, 4) is 33.5 Å². The van der Waals surface area contributed by atoms with Crippen LogP contribution in [-0.2, 0) is 6.18 Å². The molecule has 1 aliphatic rings. The maximum absolute atomic E-state index is 14.4. The van der Waals surface area contributed by atoms with Crippen molar-refractivity contribution >= 4 is 0 Å². The molecule has 0 spiro atoms. The SMILES string of the molecule is CN1CCC(n2cc(-c3cncc(-c4ccnc(-c5cc(C(F)(F)F)ccc5F)c4)c3)cn2)CC1. The first-order valence-corrected chi connectivity index (χ1v) is 11.3. The van der Waals surface area contributed by atoms with Crippen molar-refractivity contribution < 1.29 is 17.6 Å². The molecule has 0 atom stereocenters. The average molecular weight is 481 g/mol. The Morgan fingerprint density at radius 1 is 0.886 bits per heavy atom. The summed E-state index contributed by atoms with van der Waals surface area (Å²) in [4.78, 5) is 10.8. The zero-order chi connectivity index (χ0) is 24.6. The Kier molecular flexibility index (Phi) is 6.10. The summed E-state index contributed by atoms with van der Waals surface area (Å²) in [6, 6.07) is 7.91. The molecule has 1 saturated heterocycles. The normalized spacial score (nSPS) is 15.5. The largest absolute Gasteiger partial charge is 0.416 e. The summed E-state index contributed by atoms with van der Waals surface area (Å²) in [7, 11) is 2.12. The Balaban J connectivity index is 1.44. The molecule has 1 aliphatic heterocycles. The highest BCUT2D eigenvalue weighted by atomic mass is 19.4. The number of piperidine rings is 1. The van der Waals surface area contributed by atoms with Crippen LogP contribution in [0.5, 0.6) is 0 Å². The van der Waals surface area contributed by atoms with Crippen LogP contribution < -0.4 is 0 Å². The van der Waals surface area contributed by atoms with Crippen LogP contribution in [0.15, 0.2) is 67.4 Å². The molecule has 4 heterocycles. The smallest absolute Gasteiger partial charge is 0.306 e. The maximum Gasteiger partial charge on any atom is 0.416 e. The highest BCUT2D eigenvalue weighted by Gasteiger charge is 2.31. The maximum atomic E-state index is 14.4. The van der Waals surface area contributed by atoms with E-state index in [2.05, 4.69) is 27.0 Å². The fourth-order valence-electron chi connectivity index (χ4n) is 4.36. The number of likely N-dealkylation sites (tertiary alicyclic amines) is 1. The van der Waals surface area contributed by atoms with Crippen LogP contribution in [0, 0.1) is 5.82 Å². The van der Waals surface area contributed by atoms with E-state index in [0.29, 0.717) is 11.6 Å². The highest BCUT2D eigenvalue weighted by Crippen LogP contribution is 2.34. The van der Waals surface area contributed by atoms with E-state index in [1.54, 1.807) is 24.5 Å². The van der Waals surface area contributed by atoms with Crippen molar-refractivity contribution in [3.63, 3.8) is 0 Å². The second-order valence-corrected chi connectivity index (χ2v) is 8.83. The Morgan fingerprint density at radius 2 is 1.63 bits per heavy atom. The quantitative estimate of drug-likeness (QED) is 0.331. The van der Waals surface area contributed by atoms with E-state index in [4.69, 9.17) is 0 Å². The summed E-state index contributed by atoms with van der Waals surface area (Å²) in [5, 5.41) is 4.56. The van der Waals surface area contributed by atoms with Gasteiger partial charge in [0.05, 0.1) is 23.5 Å². The lowest BCUT2D eigenvalue weighted by atomic mass is 10.0. The zero-order valence-corrected chi connectivity index (χ0v) is 19.0. The van der Waals surface area contributed by atoms with E-state index in [1.165, 1.54) is 6.20 Å². The molecular weight excluding hydrogens is 458 g/mol. The van der Waals surface area contributed by atoms with Crippen LogP contribution in [0.25, 0.3) is 33.5 Å². The van der Waals surface area contributed by atoms with Crippen LogP contribution >= 0.6 is 0 Å². The number of aromatic nitrogens is 4. The lowest BCUT2D eigenvalue weighted by Gasteiger charge is -2.28. The molecule has 0 N–H and O–H groups in total. The van der Waals surface area contributed by atoms with E-state index in [1.807, 2.05) is 23.1 Å². The third kappa shape index (κ3) is 4.95. The highest BCUT2D eigenvalue weighted by molar-refractivity contribution is 5.74. The van der Waals surface area contributed by atoms with Gasteiger partial charge in [0, 0.05) is 47.0 Å². The molecule has 180 valence electrons. The molecule has 3 aromatic heterocycles. The number of hydrogen-bond acceptors (Lipinski definition) is 4. The topological polar surface area (TPSA) is 46.8 Å². The van der Waals surface area contributed by atoms with Gasteiger partial charge in [0.15, 0.2) is 0 Å². The Hall–Kier alpha value is -3.59. The number of benzene rings is 1. The molecule has 0 aliphatic carbocycles. The molecular formula is C26H23F4N5. The summed E-state index contributed by atoms with van der Waals surface area (Å²) in [5.74, 6) is -0.768. The van der Waals surface area contributed by atoms with E-state index < -0.39 is 17.6 Å².